The molecule has 0 fully saturated rings. The second-order valence-corrected chi connectivity index (χ2v) is 12.4. The van der Waals surface area contributed by atoms with Gasteiger partial charge in [-0.3, -0.25) is 14.4 Å². The van der Waals surface area contributed by atoms with Gasteiger partial charge in [-0.1, -0.05) is 6.07 Å². The van der Waals surface area contributed by atoms with Gasteiger partial charge in [-0.2, -0.15) is 11.8 Å². The number of aromatic nitrogens is 1. The minimum Gasteiger partial charge on any atom is -0.493 e. The van der Waals surface area contributed by atoms with E-state index < -0.39 is 12.1 Å². The molecule has 0 saturated carbocycles. The number of methoxy groups -OCH3 is 3. The van der Waals surface area contributed by atoms with Crippen molar-refractivity contribution < 1.29 is 23.8 Å². The maximum Gasteiger partial charge on any atom is 0.242 e. The molecule has 1 aromatic heterocycles. The summed E-state index contributed by atoms with van der Waals surface area (Å²) in [6.45, 7) is 3.86. The van der Waals surface area contributed by atoms with Crippen LogP contribution in [0.5, 0.6) is 17.2 Å². The minimum atomic E-state index is -0.618. The first kappa shape index (κ1) is 33.1. The number of aryl methyl sites for hydroxylation is 2. The highest BCUT2D eigenvalue weighted by Crippen LogP contribution is 2.50. The number of carbonyl (C=O) groups is 2. The fourth-order valence-corrected chi connectivity index (χ4v) is 6.70. The first-order valence-electron chi connectivity index (χ1n) is 14.4. The molecule has 4 rings (SSSR count). The highest BCUT2D eigenvalue weighted by atomic mass is 32.2. The normalized spacial score (nSPS) is 14.4. The molecule has 2 atom stereocenters. The van der Waals surface area contributed by atoms with E-state index in [0.29, 0.717) is 55.0 Å². The molecular weight excluding hydrogens is 601 g/mol. The molecule has 1 heterocycles. The molecule has 0 aliphatic heterocycles. The molecule has 0 saturated heterocycles. The number of nitrogens with zero attached hydrogens (tertiary/aromatic N) is 1. The summed E-state index contributed by atoms with van der Waals surface area (Å²) >= 11 is 3.21. The van der Waals surface area contributed by atoms with E-state index in [2.05, 4.69) is 20.9 Å². The Hall–Kier alpha value is -3.77. The number of nitrogens with one attached hydrogen (secondary N) is 3. The van der Waals surface area contributed by atoms with Crippen molar-refractivity contribution in [2.45, 2.75) is 51.6 Å². The van der Waals surface area contributed by atoms with Gasteiger partial charge in [-0.25, -0.2) is 4.98 Å². The number of carbonyl (C=O) groups excluding carboxylic acids is 2. The summed E-state index contributed by atoms with van der Waals surface area (Å²) in [6, 6.07) is 5.98. The molecule has 0 unspecified atom stereocenters. The summed E-state index contributed by atoms with van der Waals surface area (Å²) in [5, 5.41) is 12.2. The maximum absolute atomic E-state index is 13.8. The van der Waals surface area contributed by atoms with E-state index in [1.54, 1.807) is 56.6 Å². The van der Waals surface area contributed by atoms with Crippen molar-refractivity contribution in [3.05, 3.63) is 61.7 Å². The fraction of sp³-hybridized carbons (Fsp3) is 0.438. The predicted molar refractivity (Wildman–Crippen MR) is 177 cm³/mol. The van der Waals surface area contributed by atoms with Gasteiger partial charge < -0.3 is 30.2 Å². The summed E-state index contributed by atoms with van der Waals surface area (Å²) in [5.41, 5.74) is 4.06. The van der Waals surface area contributed by atoms with Crippen LogP contribution in [-0.4, -0.2) is 62.7 Å². The lowest BCUT2D eigenvalue weighted by Crippen LogP contribution is -2.41. The molecule has 0 radical (unpaired) electrons. The first-order valence-corrected chi connectivity index (χ1v) is 16.7. The van der Waals surface area contributed by atoms with Crippen LogP contribution in [0.1, 0.15) is 47.6 Å². The highest BCUT2D eigenvalue weighted by Gasteiger charge is 2.30. The largest absolute Gasteiger partial charge is 0.493 e. The Labute approximate surface area is 266 Å². The monoisotopic (exact) mass is 640 g/mol. The van der Waals surface area contributed by atoms with E-state index in [1.807, 2.05) is 30.7 Å². The lowest BCUT2D eigenvalue weighted by molar-refractivity contribution is -0.122. The summed E-state index contributed by atoms with van der Waals surface area (Å²) in [6.07, 6.45) is 4.31. The Morgan fingerprint density at radius 2 is 1.91 bits per heavy atom. The Morgan fingerprint density at radius 1 is 1.14 bits per heavy atom. The molecule has 2 aromatic carbocycles. The number of hydrogen-bond acceptors (Lipinski definition) is 10. The fourth-order valence-electron chi connectivity index (χ4n) is 5.45. The molecule has 10 nitrogen and oxygen atoms in total. The maximum atomic E-state index is 13.8. The predicted octanol–water partition coefficient (Wildman–Crippen LogP) is 4.52. The molecule has 3 aromatic rings. The van der Waals surface area contributed by atoms with Gasteiger partial charge in [-0.15, -0.1) is 11.3 Å². The van der Waals surface area contributed by atoms with Crippen LogP contribution in [0.2, 0.25) is 0 Å². The van der Waals surface area contributed by atoms with E-state index in [9.17, 15) is 14.4 Å². The van der Waals surface area contributed by atoms with E-state index in [0.717, 1.165) is 33.1 Å². The molecule has 2 amide bonds. The van der Waals surface area contributed by atoms with Gasteiger partial charge in [0.25, 0.3) is 0 Å². The van der Waals surface area contributed by atoms with Crippen molar-refractivity contribution >= 4 is 40.6 Å². The Kier molecular flexibility index (Phi) is 11.5. The number of fused-ring (bicyclic) bond motifs is 3. The van der Waals surface area contributed by atoms with Gasteiger partial charge in [0.2, 0.25) is 23.0 Å². The van der Waals surface area contributed by atoms with Gasteiger partial charge in [0.1, 0.15) is 6.04 Å². The lowest BCUT2D eigenvalue weighted by atomic mass is 9.95. The Balaban J connectivity index is 1.75. The summed E-state index contributed by atoms with van der Waals surface area (Å²) in [5.74, 6) is 1.80. The van der Waals surface area contributed by atoms with Crippen LogP contribution in [0.15, 0.2) is 34.4 Å². The zero-order chi connectivity index (χ0) is 31.8. The standard InChI is InChI=1S/C32H40N4O6S2/c1-18-17-44-28(34-18)11-13-33-32(39)25(12-14-43-6)36-24-10-8-21-22(16-26(24)38)23(35-19(2)37)9-7-20-15-27(40-3)30(41-4)31(42-5)29(20)21/h8,10,15-17,23,25H,7,9,11-14H2,1-6H3,(H,33,39)(H,35,37)(H,36,38)/t23-,25-/m0/s1. The number of hydrogen-bond donors (Lipinski definition) is 3. The van der Waals surface area contributed by atoms with Crippen molar-refractivity contribution in [1.29, 1.82) is 0 Å². The van der Waals surface area contributed by atoms with E-state index in [4.69, 9.17) is 14.2 Å². The van der Waals surface area contributed by atoms with Crippen LogP contribution in [-0.2, 0) is 22.4 Å². The number of thioether (sulfide) groups is 1. The molecule has 3 N–H and O–H groups in total. The highest BCUT2D eigenvalue weighted by molar-refractivity contribution is 7.98. The number of thiazole rings is 1. The average Bonchev–Trinajstić information content (AvgIpc) is 3.28. The Morgan fingerprint density at radius 3 is 2.55 bits per heavy atom. The molecule has 0 bridgehead atoms. The number of benzene rings is 1. The van der Waals surface area contributed by atoms with Crippen LogP contribution >= 0.6 is 23.1 Å². The number of anilines is 1. The van der Waals surface area contributed by atoms with Crippen LogP contribution in [0.3, 0.4) is 0 Å². The van der Waals surface area contributed by atoms with Crippen LogP contribution in [0.25, 0.3) is 11.1 Å². The number of rotatable bonds is 13. The van der Waals surface area contributed by atoms with E-state index in [-0.39, 0.29) is 22.9 Å². The van der Waals surface area contributed by atoms with Crippen LogP contribution in [0.4, 0.5) is 5.69 Å². The molecule has 236 valence electrons. The zero-order valence-corrected chi connectivity index (χ0v) is 27.6. The van der Waals surface area contributed by atoms with Crippen molar-refractivity contribution in [3.63, 3.8) is 0 Å². The molecule has 0 spiro atoms. The summed E-state index contributed by atoms with van der Waals surface area (Å²) in [7, 11) is 4.68. The topological polar surface area (TPSA) is 128 Å². The molecule has 1 aliphatic rings. The third kappa shape index (κ3) is 7.65. The second kappa shape index (κ2) is 15.3. The van der Waals surface area contributed by atoms with Crippen molar-refractivity contribution in [2.75, 3.05) is 45.2 Å². The average molecular weight is 641 g/mol. The van der Waals surface area contributed by atoms with Crippen LogP contribution in [0, 0.1) is 6.92 Å². The zero-order valence-electron chi connectivity index (χ0n) is 26.0. The van der Waals surface area contributed by atoms with E-state index in [1.165, 1.54) is 6.92 Å². The van der Waals surface area contributed by atoms with Gasteiger partial charge in [0.15, 0.2) is 11.5 Å². The van der Waals surface area contributed by atoms with Gasteiger partial charge in [0, 0.05) is 36.5 Å². The molecule has 1 aliphatic carbocycles. The smallest absolute Gasteiger partial charge is 0.242 e. The van der Waals surface area contributed by atoms with Gasteiger partial charge in [0.05, 0.1) is 38.1 Å². The second-order valence-electron chi connectivity index (χ2n) is 10.5. The lowest BCUT2D eigenvalue weighted by Gasteiger charge is -2.19. The van der Waals surface area contributed by atoms with Crippen molar-refractivity contribution in [1.82, 2.24) is 15.6 Å². The molecular formula is C32H40N4O6S2. The first-order chi connectivity index (χ1) is 21.2. The molecule has 12 heteroatoms. The third-order valence-electron chi connectivity index (χ3n) is 7.48. The van der Waals surface area contributed by atoms with Crippen molar-refractivity contribution in [2.24, 2.45) is 0 Å². The van der Waals surface area contributed by atoms with Gasteiger partial charge in [-0.05, 0) is 73.1 Å². The Bertz CT molecular complexity index is 1560. The van der Waals surface area contributed by atoms with Crippen molar-refractivity contribution in [3.8, 4) is 28.4 Å². The SMILES string of the molecule is COc1cc2c(c(OC)c1OC)-c1ccc(N[C@@H](CCSC)C(=O)NCCc3nc(C)cs3)c(=O)cc1[C@@H](NC(C)=O)CC2. The summed E-state index contributed by atoms with van der Waals surface area (Å²) in [4.78, 5) is 43.8. The van der Waals surface area contributed by atoms with E-state index >= 15 is 0 Å². The third-order valence-corrected chi connectivity index (χ3v) is 9.15. The van der Waals surface area contributed by atoms with Crippen LogP contribution < -0.4 is 35.6 Å². The minimum absolute atomic E-state index is 0.181. The number of amides is 2. The quantitative estimate of drug-likeness (QED) is 0.247. The number of ether oxygens (including phenoxy) is 3. The summed E-state index contributed by atoms with van der Waals surface area (Å²) < 4.78 is 17.1. The van der Waals surface area contributed by atoms with Gasteiger partial charge >= 0.3 is 0 Å². The molecule has 44 heavy (non-hydrogen) atoms.